The van der Waals surface area contributed by atoms with E-state index in [0.29, 0.717) is 29.6 Å². The summed E-state index contributed by atoms with van der Waals surface area (Å²) in [7, 11) is 0. The maximum absolute atomic E-state index is 13.1. The Morgan fingerprint density at radius 1 is 1.03 bits per heavy atom. The van der Waals surface area contributed by atoms with E-state index in [1.54, 1.807) is 23.6 Å². The van der Waals surface area contributed by atoms with Gasteiger partial charge in [0.1, 0.15) is 0 Å². The molecule has 0 amide bonds. The second-order valence-electron chi connectivity index (χ2n) is 8.88. The van der Waals surface area contributed by atoms with Crippen LogP contribution < -0.4 is 9.64 Å². The van der Waals surface area contributed by atoms with E-state index >= 15 is 0 Å². The number of hydrogen-bond acceptors (Lipinski definition) is 7. The molecule has 0 radical (unpaired) electrons. The molecule has 6 nitrogen and oxygen atoms in total. The first-order chi connectivity index (χ1) is 16.2. The highest BCUT2D eigenvalue weighted by atomic mass is 32.1. The van der Waals surface area contributed by atoms with Gasteiger partial charge in [0.15, 0.2) is 0 Å². The number of benzene rings is 1. The summed E-state index contributed by atoms with van der Waals surface area (Å²) in [5.41, 5.74) is 3.99. The van der Waals surface area contributed by atoms with Gasteiger partial charge >= 0.3 is 0 Å². The van der Waals surface area contributed by atoms with E-state index in [2.05, 4.69) is 37.8 Å². The average Bonchev–Trinajstić information content (AvgIpc) is 3.16. The number of aromatic nitrogens is 4. The van der Waals surface area contributed by atoms with Crippen LogP contribution in [0.4, 0.5) is 10.3 Å². The molecule has 0 spiro atoms. The summed E-state index contributed by atoms with van der Waals surface area (Å²) in [4.78, 5) is 19.8. The third kappa shape index (κ3) is 4.04. The Morgan fingerprint density at radius 2 is 1.82 bits per heavy atom. The number of thiazole rings is 1. The van der Waals surface area contributed by atoms with Gasteiger partial charge in [-0.15, -0.1) is 0 Å². The van der Waals surface area contributed by atoms with Crippen LogP contribution >= 0.6 is 11.3 Å². The zero-order valence-corrected chi connectivity index (χ0v) is 19.1. The quantitative estimate of drug-likeness (QED) is 0.361. The molecule has 4 heterocycles. The summed E-state index contributed by atoms with van der Waals surface area (Å²) in [6.07, 6.45) is 7.61. The van der Waals surface area contributed by atoms with E-state index in [0.717, 1.165) is 53.2 Å². The number of halogens is 1. The van der Waals surface area contributed by atoms with Crippen molar-refractivity contribution in [1.29, 1.82) is 0 Å². The fourth-order valence-electron chi connectivity index (χ4n) is 4.85. The molecular weight excluding hydrogens is 437 g/mol. The van der Waals surface area contributed by atoms with Gasteiger partial charge in [-0.25, -0.2) is 19.9 Å². The SMILES string of the molecule is CCCc1cnc(N2CC3C(COc4nc5ccc(-c6ccc(F)nc6)cc5s4)[C@H]3C2)nc1. The maximum Gasteiger partial charge on any atom is 0.274 e. The summed E-state index contributed by atoms with van der Waals surface area (Å²) >= 11 is 1.55. The standard InChI is InChI=1S/C25H24FN5OS/c1-2-3-15-9-28-24(29-10-15)31-12-18-19(13-31)20(18)14-32-25-30-21-6-4-16(8-22(21)33-25)17-5-7-23(26)27-11-17/h4-11,18-20H,2-3,12-14H2,1H3/t18-,19?,20?/m0/s1. The number of anilines is 1. The van der Waals surface area contributed by atoms with Crippen molar-refractivity contribution in [2.45, 2.75) is 19.8 Å². The van der Waals surface area contributed by atoms with E-state index in [-0.39, 0.29) is 0 Å². The predicted octanol–water partition coefficient (Wildman–Crippen LogP) is 5.00. The number of pyridine rings is 1. The highest BCUT2D eigenvalue weighted by Crippen LogP contribution is 2.52. The fraction of sp³-hybridized carbons (Fsp3) is 0.360. The van der Waals surface area contributed by atoms with E-state index in [4.69, 9.17) is 4.74 Å². The van der Waals surface area contributed by atoms with E-state index in [1.165, 1.54) is 11.6 Å². The molecule has 4 aromatic rings. The van der Waals surface area contributed by atoms with Crippen molar-refractivity contribution in [2.75, 3.05) is 24.6 Å². The Balaban J connectivity index is 1.05. The lowest BCUT2D eigenvalue weighted by Gasteiger charge is -2.19. The number of piperidine rings is 1. The first-order valence-electron chi connectivity index (χ1n) is 11.4. The second kappa shape index (κ2) is 8.33. The number of fused-ring (bicyclic) bond motifs is 2. The van der Waals surface area contributed by atoms with Gasteiger partial charge in [-0.3, -0.25) is 0 Å². The van der Waals surface area contributed by atoms with Gasteiger partial charge in [0.25, 0.3) is 5.19 Å². The molecule has 1 aliphatic heterocycles. The number of hydrogen-bond donors (Lipinski definition) is 0. The smallest absolute Gasteiger partial charge is 0.274 e. The van der Waals surface area contributed by atoms with Gasteiger partial charge in [0, 0.05) is 43.2 Å². The highest BCUT2D eigenvalue weighted by Gasteiger charge is 2.56. The van der Waals surface area contributed by atoms with Crippen molar-refractivity contribution in [2.24, 2.45) is 17.8 Å². The van der Waals surface area contributed by atoms with Gasteiger partial charge in [0.2, 0.25) is 11.9 Å². The summed E-state index contributed by atoms with van der Waals surface area (Å²) in [5, 5.41) is 0.705. The number of aryl methyl sites for hydroxylation is 1. The van der Waals surface area contributed by atoms with Crippen LogP contribution in [0.2, 0.25) is 0 Å². The number of rotatable bonds is 7. The van der Waals surface area contributed by atoms with Gasteiger partial charge in [0.05, 0.1) is 16.8 Å². The molecule has 2 unspecified atom stereocenters. The molecule has 8 heteroatoms. The van der Waals surface area contributed by atoms with Crippen LogP contribution in [-0.2, 0) is 6.42 Å². The lowest BCUT2D eigenvalue weighted by atomic mass is 10.1. The van der Waals surface area contributed by atoms with Crippen LogP contribution in [-0.4, -0.2) is 39.6 Å². The third-order valence-electron chi connectivity index (χ3n) is 6.71. The van der Waals surface area contributed by atoms with Gasteiger partial charge < -0.3 is 9.64 Å². The van der Waals surface area contributed by atoms with Crippen LogP contribution in [0.25, 0.3) is 21.3 Å². The van der Waals surface area contributed by atoms with E-state index < -0.39 is 5.95 Å². The Hall–Kier alpha value is -3.13. The Morgan fingerprint density at radius 3 is 2.55 bits per heavy atom. The average molecular weight is 462 g/mol. The first-order valence-corrected chi connectivity index (χ1v) is 12.2. The van der Waals surface area contributed by atoms with Crippen LogP contribution in [0.5, 0.6) is 5.19 Å². The first kappa shape index (κ1) is 20.5. The van der Waals surface area contributed by atoms with Crippen LogP contribution in [0.1, 0.15) is 18.9 Å². The second-order valence-corrected chi connectivity index (χ2v) is 9.87. The molecule has 0 bridgehead atoms. The molecule has 1 saturated carbocycles. The fourth-order valence-corrected chi connectivity index (χ4v) is 5.71. The molecule has 3 aromatic heterocycles. The van der Waals surface area contributed by atoms with E-state index in [9.17, 15) is 4.39 Å². The van der Waals surface area contributed by atoms with Gasteiger partial charge in [-0.2, -0.15) is 4.39 Å². The normalized spacial score (nSPS) is 21.4. The molecule has 1 aliphatic carbocycles. The number of ether oxygens (including phenoxy) is 1. The Labute approximate surface area is 195 Å². The minimum atomic E-state index is -0.473. The third-order valence-corrected chi connectivity index (χ3v) is 7.64. The zero-order valence-electron chi connectivity index (χ0n) is 18.3. The van der Waals surface area contributed by atoms with Crippen LogP contribution in [0.15, 0.2) is 48.9 Å². The van der Waals surface area contributed by atoms with Gasteiger partial charge in [-0.1, -0.05) is 30.7 Å². The van der Waals surface area contributed by atoms with Crippen LogP contribution in [0.3, 0.4) is 0 Å². The summed E-state index contributed by atoms with van der Waals surface area (Å²) in [6.45, 7) is 4.87. The Bertz CT molecular complexity index is 1260. The van der Waals surface area contributed by atoms with Crippen molar-refractivity contribution in [3.63, 3.8) is 0 Å². The molecule has 1 saturated heterocycles. The van der Waals surface area contributed by atoms with Crippen molar-refractivity contribution in [3.8, 4) is 16.3 Å². The van der Waals surface area contributed by atoms with Gasteiger partial charge in [-0.05, 0) is 53.6 Å². The molecule has 3 atom stereocenters. The molecular formula is C25H24FN5OS. The minimum absolute atomic E-state index is 0.473. The summed E-state index contributed by atoms with van der Waals surface area (Å²) < 4.78 is 20.2. The largest absolute Gasteiger partial charge is 0.470 e. The summed E-state index contributed by atoms with van der Waals surface area (Å²) in [6, 6.07) is 9.14. The molecule has 168 valence electrons. The molecule has 6 rings (SSSR count). The molecule has 33 heavy (non-hydrogen) atoms. The number of nitrogens with zero attached hydrogens (tertiary/aromatic N) is 5. The highest BCUT2D eigenvalue weighted by molar-refractivity contribution is 7.20. The molecule has 0 N–H and O–H groups in total. The van der Waals surface area contributed by atoms with Crippen molar-refractivity contribution in [3.05, 3.63) is 60.4 Å². The molecule has 2 fully saturated rings. The topological polar surface area (TPSA) is 64.0 Å². The monoisotopic (exact) mass is 461 g/mol. The Kier molecular flexibility index (Phi) is 5.17. The lowest BCUT2D eigenvalue weighted by molar-refractivity contribution is 0.282. The minimum Gasteiger partial charge on any atom is -0.470 e. The maximum atomic E-state index is 13.1. The van der Waals surface area contributed by atoms with Crippen molar-refractivity contribution >= 4 is 27.5 Å². The van der Waals surface area contributed by atoms with E-state index in [1.807, 2.05) is 24.5 Å². The molecule has 2 aliphatic rings. The van der Waals surface area contributed by atoms with Crippen LogP contribution in [0, 0.1) is 23.7 Å². The summed E-state index contributed by atoms with van der Waals surface area (Å²) in [5.74, 6) is 2.25. The van der Waals surface area contributed by atoms with Crippen molar-refractivity contribution < 1.29 is 9.13 Å². The van der Waals surface area contributed by atoms with Crippen molar-refractivity contribution in [1.82, 2.24) is 19.9 Å². The predicted molar refractivity (Wildman–Crippen MR) is 127 cm³/mol. The zero-order chi connectivity index (χ0) is 22.4. The lowest BCUT2D eigenvalue weighted by Crippen LogP contribution is -2.27. The molecule has 1 aromatic carbocycles.